The number of hydrogen-bond acceptors (Lipinski definition) is 4. The van der Waals surface area contributed by atoms with Crippen LogP contribution in [0.25, 0.3) is 0 Å². The highest BCUT2D eigenvalue weighted by Crippen LogP contribution is 2.18. The van der Waals surface area contributed by atoms with Gasteiger partial charge >= 0.3 is 6.09 Å². The van der Waals surface area contributed by atoms with Crippen LogP contribution in [0.15, 0.2) is 48.5 Å². The number of nitrogen functional groups attached to an aromatic ring is 1. The molecular formula is C17H20N2O4. The van der Waals surface area contributed by atoms with Gasteiger partial charge in [0.2, 0.25) is 0 Å². The largest absolute Gasteiger partial charge is 0.497 e. The van der Waals surface area contributed by atoms with E-state index in [9.17, 15) is 9.90 Å². The first kappa shape index (κ1) is 16.5. The van der Waals surface area contributed by atoms with Crippen molar-refractivity contribution in [3.8, 4) is 11.5 Å². The highest BCUT2D eigenvalue weighted by atomic mass is 16.5. The standard InChI is InChI=1S/C17H20N2O4/c1-22-15-6-3-7-16(11-15)23-9-8-19(17(20)21)12-13-4-2-5-14(18)10-13/h2-7,10-11H,8-9,12,18H2,1H3,(H,20,21). The number of rotatable bonds is 7. The monoisotopic (exact) mass is 316 g/mol. The maximum atomic E-state index is 11.4. The summed E-state index contributed by atoms with van der Waals surface area (Å²) in [4.78, 5) is 12.6. The molecule has 0 spiro atoms. The van der Waals surface area contributed by atoms with E-state index in [-0.39, 0.29) is 19.7 Å². The molecule has 0 fully saturated rings. The summed E-state index contributed by atoms with van der Waals surface area (Å²) in [7, 11) is 1.58. The van der Waals surface area contributed by atoms with Gasteiger partial charge in [-0.05, 0) is 29.8 Å². The fourth-order valence-corrected chi connectivity index (χ4v) is 2.12. The van der Waals surface area contributed by atoms with E-state index in [4.69, 9.17) is 15.2 Å². The molecule has 6 nitrogen and oxygen atoms in total. The number of anilines is 1. The van der Waals surface area contributed by atoms with Gasteiger partial charge in [-0.3, -0.25) is 0 Å². The van der Waals surface area contributed by atoms with Gasteiger partial charge in [-0.1, -0.05) is 18.2 Å². The normalized spacial score (nSPS) is 10.1. The van der Waals surface area contributed by atoms with Crippen molar-refractivity contribution in [2.24, 2.45) is 0 Å². The van der Waals surface area contributed by atoms with Crippen LogP contribution in [0.4, 0.5) is 10.5 Å². The zero-order chi connectivity index (χ0) is 16.7. The zero-order valence-corrected chi connectivity index (χ0v) is 12.9. The Kier molecular flexibility index (Phi) is 5.68. The molecule has 0 unspecified atom stereocenters. The molecule has 0 atom stereocenters. The lowest BCUT2D eigenvalue weighted by atomic mass is 10.2. The van der Waals surface area contributed by atoms with Crippen LogP contribution in [-0.2, 0) is 6.54 Å². The van der Waals surface area contributed by atoms with Crippen LogP contribution in [0, 0.1) is 0 Å². The Labute approximate surface area is 135 Å². The quantitative estimate of drug-likeness (QED) is 0.767. The van der Waals surface area contributed by atoms with Crippen LogP contribution in [0.5, 0.6) is 11.5 Å². The smallest absolute Gasteiger partial charge is 0.407 e. The average molecular weight is 316 g/mol. The maximum absolute atomic E-state index is 11.4. The summed E-state index contributed by atoms with van der Waals surface area (Å²) < 4.78 is 10.7. The van der Waals surface area contributed by atoms with Gasteiger partial charge in [0, 0.05) is 18.3 Å². The van der Waals surface area contributed by atoms with E-state index >= 15 is 0 Å². The first-order chi connectivity index (χ1) is 11.1. The van der Waals surface area contributed by atoms with Crippen molar-refractivity contribution in [1.82, 2.24) is 4.90 Å². The predicted molar refractivity (Wildman–Crippen MR) is 87.8 cm³/mol. The van der Waals surface area contributed by atoms with Crippen molar-refractivity contribution in [3.05, 3.63) is 54.1 Å². The minimum absolute atomic E-state index is 0.251. The van der Waals surface area contributed by atoms with E-state index < -0.39 is 6.09 Å². The Hall–Kier alpha value is -2.89. The van der Waals surface area contributed by atoms with E-state index in [1.807, 2.05) is 18.2 Å². The fraction of sp³-hybridized carbons (Fsp3) is 0.235. The van der Waals surface area contributed by atoms with Crippen LogP contribution in [0.3, 0.4) is 0 Å². The molecule has 122 valence electrons. The fourth-order valence-electron chi connectivity index (χ4n) is 2.12. The summed E-state index contributed by atoms with van der Waals surface area (Å²) in [6, 6.07) is 14.4. The van der Waals surface area contributed by atoms with E-state index in [0.29, 0.717) is 17.2 Å². The number of nitrogens with zero attached hydrogens (tertiary/aromatic N) is 1. The molecule has 0 radical (unpaired) electrons. The molecule has 6 heteroatoms. The Morgan fingerprint density at radius 2 is 1.91 bits per heavy atom. The molecule has 0 bridgehead atoms. The summed E-state index contributed by atoms with van der Waals surface area (Å²) in [5.74, 6) is 1.33. The molecule has 0 aromatic heterocycles. The summed E-state index contributed by atoms with van der Waals surface area (Å²) in [6.07, 6.45) is -0.998. The molecule has 0 saturated heterocycles. The molecule has 1 amide bonds. The van der Waals surface area contributed by atoms with Gasteiger partial charge < -0.3 is 25.2 Å². The van der Waals surface area contributed by atoms with E-state index in [1.54, 1.807) is 37.4 Å². The average Bonchev–Trinajstić information content (AvgIpc) is 2.54. The lowest BCUT2D eigenvalue weighted by Crippen LogP contribution is -2.32. The third kappa shape index (κ3) is 5.10. The van der Waals surface area contributed by atoms with Crippen molar-refractivity contribution in [2.75, 3.05) is 26.0 Å². The summed E-state index contributed by atoms with van der Waals surface area (Å²) >= 11 is 0. The topological polar surface area (TPSA) is 85.0 Å². The molecule has 23 heavy (non-hydrogen) atoms. The van der Waals surface area contributed by atoms with Crippen LogP contribution in [-0.4, -0.2) is 36.4 Å². The van der Waals surface area contributed by atoms with E-state index in [2.05, 4.69) is 0 Å². The Morgan fingerprint density at radius 1 is 1.17 bits per heavy atom. The first-order valence-corrected chi connectivity index (χ1v) is 7.17. The van der Waals surface area contributed by atoms with Gasteiger partial charge in [0.1, 0.15) is 18.1 Å². The van der Waals surface area contributed by atoms with Gasteiger partial charge in [-0.15, -0.1) is 0 Å². The van der Waals surface area contributed by atoms with Crippen molar-refractivity contribution in [2.45, 2.75) is 6.54 Å². The summed E-state index contributed by atoms with van der Waals surface area (Å²) in [5.41, 5.74) is 7.16. The van der Waals surface area contributed by atoms with Gasteiger partial charge in [-0.25, -0.2) is 4.79 Å². The van der Waals surface area contributed by atoms with Gasteiger partial charge in [-0.2, -0.15) is 0 Å². The Balaban J connectivity index is 1.91. The van der Waals surface area contributed by atoms with Crippen LogP contribution in [0.2, 0.25) is 0 Å². The maximum Gasteiger partial charge on any atom is 0.407 e. The number of amides is 1. The molecule has 3 N–H and O–H groups in total. The lowest BCUT2D eigenvalue weighted by Gasteiger charge is -2.19. The van der Waals surface area contributed by atoms with Crippen molar-refractivity contribution >= 4 is 11.8 Å². The number of methoxy groups -OCH3 is 1. The lowest BCUT2D eigenvalue weighted by molar-refractivity contribution is 0.132. The molecule has 2 aromatic rings. The van der Waals surface area contributed by atoms with Crippen LogP contribution in [0.1, 0.15) is 5.56 Å². The van der Waals surface area contributed by atoms with Gasteiger partial charge in [0.05, 0.1) is 13.7 Å². The molecule has 2 aromatic carbocycles. The Bertz CT molecular complexity index is 661. The van der Waals surface area contributed by atoms with Gasteiger partial charge in [0.15, 0.2) is 0 Å². The van der Waals surface area contributed by atoms with Crippen molar-refractivity contribution in [1.29, 1.82) is 0 Å². The number of ether oxygens (including phenoxy) is 2. The first-order valence-electron chi connectivity index (χ1n) is 7.17. The number of nitrogens with two attached hydrogens (primary N) is 1. The summed E-state index contributed by atoms with van der Waals surface area (Å²) in [6.45, 7) is 0.769. The number of hydrogen-bond donors (Lipinski definition) is 2. The molecule has 0 saturated carbocycles. The van der Waals surface area contributed by atoms with Crippen molar-refractivity contribution < 1.29 is 19.4 Å². The molecule has 0 aliphatic heterocycles. The highest BCUT2D eigenvalue weighted by molar-refractivity contribution is 5.65. The third-order valence-electron chi connectivity index (χ3n) is 3.27. The SMILES string of the molecule is COc1cccc(OCCN(Cc2cccc(N)c2)C(=O)O)c1. The summed E-state index contributed by atoms with van der Waals surface area (Å²) in [5, 5.41) is 9.30. The second-order valence-corrected chi connectivity index (χ2v) is 4.98. The molecule has 0 heterocycles. The molecule has 0 aliphatic carbocycles. The minimum atomic E-state index is -0.998. The highest BCUT2D eigenvalue weighted by Gasteiger charge is 2.12. The minimum Gasteiger partial charge on any atom is -0.497 e. The number of carbonyl (C=O) groups is 1. The third-order valence-corrected chi connectivity index (χ3v) is 3.27. The van der Waals surface area contributed by atoms with Gasteiger partial charge in [0.25, 0.3) is 0 Å². The number of carboxylic acid groups (broad SMARTS) is 1. The zero-order valence-electron chi connectivity index (χ0n) is 12.9. The van der Waals surface area contributed by atoms with E-state index in [0.717, 1.165) is 5.56 Å². The molecular weight excluding hydrogens is 296 g/mol. The van der Waals surface area contributed by atoms with E-state index in [1.165, 1.54) is 4.90 Å². The molecule has 2 rings (SSSR count). The van der Waals surface area contributed by atoms with Crippen LogP contribution >= 0.6 is 0 Å². The number of benzene rings is 2. The van der Waals surface area contributed by atoms with Crippen molar-refractivity contribution in [3.63, 3.8) is 0 Å². The Morgan fingerprint density at radius 3 is 2.61 bits per heavy atom. The second-order valence-electron chi connectivity index (χ2n) is 4.98. The van der Waals surface area contributed by atoms with Crippen LogP contribution < -0.4 is 15.2 Å². The second kappa shape index (κ2) is 7.93. The predicted octanol–water partition coefficient (Wildman–Crippen LogP) is 2.84. The molecule has 0 aliphatic rings.